The fourth-order valence-corrected chi connectivity index (χ4v) is 1.79. The van der Waals surface area contributed by atoms with Gasteiger partial charge in [0.15, 0.2) is 0 Å². The van der Waals surface area contributed by atoms with Gasteiger partial charge in [0, 0.05) is 30.4 Å². The fraction of sp³-hybridized carbons (Fsp3) is 0.0769. The summed E-state index contributed by atoms with van der Waals surface area (Å²) >= 11 is 0. The molecular formula is C13H12N6O. The summed E-state index contributed by atoms with van der Waals surface area (Å²) in [6.45, 7) is 0. The van der Waals surface area contributed by atoms with Gasteiger partial charge in [0.05, 0.1) is 5.69 Å². The molecule has 0 atom stereocenters. The van der Waals surface area contributed by atoms with E-state index in [1.165, 1.54) is 0 Å². The van der Waals surface area contributed by atoms with E-state index >= 15 is 0 Å². The highest BCUT2D eigenvalue weighted by Gasteiger charge is 2.10. The van der Waals surface area contributed by atoms with Crippen LogP contribution in [0.1, 0.15) is 11.3 Å². The summed E-state index contributed by atoms with van der Waals surface area (Å²) in [4.78, 5) is 12.0. The lowest BCUT2D eigenvalue weighted by molar-refractivity contribution is 0.391. The van der Waals surface area contributed by atoms with Crippen LogP contribution in [0, 0.1) is 0 Å². The molecule has 0 aliphatic heterocycles. The highest BCUT2D eigenvalue weighted by atomic mass is 16.5. The van der Waals surface area contributed by atoms with Crippen molar-refractivity contribution in [3.63, 3.8) is 0 Å². The number of pyridine rings is 1. The van der Waals surface area contributed by atoms with E-state index in [4.69, 9.17) is 16.0 Å². The van der Waals surface area contributed by atoms with Gasteiger partial charge in [0.25, 0.3) is 0 Å². The second kappa shape index (κ2) is 4.96. The summed E-state index contributed by atoms with van der Waals surface area (Å²) in [6, 6.07) is 7.42. The minimum Gasteiger partial charge on any atom is -0.383 e. The Labute approximate surface area is 114 Å². The van der Waals surface area contributed by atoms with E-state index in [0.29, 0.717) is 23.7 Å². The number of hydrogen-bond donors (Lipinski definition) is 2. The smallest absolute Gasteiger partial charge is 0.221 e. The monoisotopic (exact) mass is 268 g/mol. The molecule has 3 rings (SSSR count). The van der Waals surface area contributed by atoms with Crippen molar-refractivity contribution >= 4 is 11.8 Å². The van der Waals surface area contributed by atoms with E-state index < -0.39 is 0 Å². The van der Waals surface area contributed by atoms with Gasteiger partial charge in [-0.05, 0) is 12.1 Å². The van der Waals surface area contributed by atoms with E-state index in [9.17, 15) is 0 Å². The van der Waals surface area contributed by atoms with Gasteiger partial charge in [-0.25, -0.2) is 4.98 Å². The van der Waals surface area contributed by atoms with Gasteiger partial charge >= 0.3 is 0 Å². The number of nitrogens with two attached hydrogens (primary N) is 2. The molecule has 0 bridgehead atoms. The summed E-state index contributed by atoms with van der Waals surface area (Å²) in [7, 11) is 0. The van der Waals surface area contributed by atoms with Crippen LogP contribution in [0.15, 0.2) is 41.2 Å². The SMILES string of the molecule is Nc1ncc(Cc2cc(-c3ccccn3)no2)c(N)n1. The molecule has 0 amide bonds. The van der Waals surface area contributed by atoms with Gasteiger partial charge in [-0.15, -0.1) is 0 Å². The summed E-state index contributed by atoms with van der Waals surface area (Å²) in [5.74, 6) is 1.15. The molecule has 0 radical (unpaired) electrons. The zero-order valence-electron chi connectivity index (χ0n) is 10.5. The third-order valence-corrected chi connectivity index (χ3v) is 2.77. The Morgan fingerprint density at radius 1 is 1.10 bits per heavy atom. The van der Waals surface area contributed by atoms with Crippen LogP contribution in [0.2, 0.25) is 0 Å². The maximum atomic E-state index is 5.78. The maximum absolute atomic E-state index is 5.78. The molecule has 7 nitrogen and oxygen atoms in total. The van der Waals surface area contributed by atoms with Gasteiger partial charge in [0.2, 0.25) is 5.95 Å². The molecule has 3 heterocycles. The van der Waals surface area contributed by atoms with Gasteiger partial charge in [0.1, 0.15) is 17.3 Å². The van der Waals surface area contributed by atoms with Crippen LogP contribution in [0.25, 0.3) is 11.4 Å². The van der Waals surface area contributed by atoms with Crippen LogP contribution in [-0.2, 0) is 6.42 Å². The largest absolute Gasteiger partial charge is 0.383 e. The van der Waals surface area contributed by atoms with E-state index in [0.717, 1.165) is 11.3 Å². The van der Waals surface area contributed by atoms with Crippen LogP contribution in [0.3, 0.4) is 0 Å². The average Bonchev–Trinajstić information content (AvgIpc) is 2.92. The van der Waals surface area contributed by atoms with E-state index in [1.807, 2.05) is 24.3 Å². The predicted molar refractivity (Wildman–Crippen MR) is 73.4 cm³/mol. The fourth-order valence-electron chi connectivity index (χ4n) is 1.79. The molecule has 20 heavy (non-hydrogen) atoms. The number of anilines is 2. The minimum absolute atomic E-state index is 0.151. The first-order valence-corrected chi connectivity index (χ1v) is 5.96. The van der Waals surface area contributed by atoms with Crippen molar-refractivity contribution in [2.45, 2.75) is 6.42 Å². The second-order valence-corrected chi connectivity index (χ2v) is 4.21. The van der Waals surface area contributed by atoms with Crippen molar-refractivity contribution in [3.8, 4) is 11.4 Å². The van der Waals surface area contributed by atoms with Crippen molar-refractivity contribution in [2.24, 2.45) is 0 Å². The molecule has 0 aliphatic carbocycles. The van der Waals surface area contributed by atoms with Crippen LogP contribution in [0.5, 0.6) is 0 Å². The van der Waals surface area contributed by atoms with Crippen LogP contribution < -0.4 is 11.5 Å². The predicted octanol–water partition coefficient (Wildman–Crippen LogP) is 1.28. The van der Waals surface area contributed by atoms with Crippen molar-refractivity contribution in [3.05, 3.63) is 48.0 Å². The first-order valence-electron chi connectivity index (χ1n) is 5.96. The second-order valence-electron chi connectivity index (χ2n) is 4.21. The van der Waals surface area contributed by atoms with E-state index in [2.05, 4.69) is 20.1 Å². The highest BCUT2D eigenvalue weighted by molar-refractivity contribution is 5.53. The Morgan fingerprint density at radius 2 is 2.00 bits per heavy atom. The van der Waals surface area contributed by atoms with Crippen LogP contribution in [-0.4, -0.2) is 20.1 Å². The molecule has 3 aromatic heterocycles. The lowest BCUT2D eigenvalue weighted by Crippen LogP contribution is -2.03. The molecule has 3 aromatic rings. The van der Waals surface area contributed by atoms with Crippen molar-refractivity contribution in [1.82, 2.24) is 20.1 Å². The van der Waals surface area contributed by atoms with Crippen LogP contribution >= 0.6 is 0 Å². The Hall–Kier alpha value is -2.96. The Morgan fingerprint density at radius 3 is 2.75 bits per heavy atom. The Kier molecular flexibility index (Phi) is 3.00. The molecular weight excluding hydrogens is 256 g/mol. The number of nitrogens with zero attached hydrogens (tertiary/aromatic N) is 4. The first-order chi connectivity index (χ1) is 9.72. The Balaban J connectivity index is 1.84. The quantitative estimate of drug-likeness (QED) is 0.734. The Bertz CT molecular complexity index is 725. The molecule has 0 spiro atoms. The highest BCUT2D eigenvalue weighted by Crippen LogP contribution is 2.20. The summed E-state index contributed by atoms with van der Waals surface area (Å²) in [5, 5.41) is 3.99. The molecule has 0 saturated heterocycles. The number of aromatic nitrogens is 4. The summed E-state index contributed by atoms with van der Waals surface area (Å²) < 4.78 is 5.28. The van der Waals surface area contributed by atoms with E-state index in [-0.39, 0.29) is 5.95 Å². The van der Waals surface area contributed by atoms with Gasteiger partial charge in [-0.2, -0.15) is 4.98 Å². The maximum Gasteiger partial charge on any atom is 0.221 e. The van der Waals surface area contributed by atoms with Gasteiger partial charge < -0.3 is 16.0 Å². The number of nitrogen functional groups attached to an aromatic ring is 2. The minimum atomic E-state index is 0.151. The molecule has 0 fully saturated rings. The van der Waals surface area contributed by atoms with Gasteiger partial charge in [-0.3, -0.25) is 4.98 Å². The van der Waals surface area contributed by atoms with Crippen molar-refractivity contribution < 1.29 is 4.52 Å². The normalized spacial score (nSPS) is 10.6. The zero-order valence-corrected chi connectivity index (χ0v) is 10.5. The molecule has 0 saturated carbocycles. The molecule has 100 valence electrons. The topological polar surface area (TPSA) is 117 Å². The average molecular weight is 268 g/mol. The lowest BCUT2D eigenvalue weighted by Gasteiger charge is -2.01. The molecule has 7 heteroatoms. The lowest BCUT2D eigenvalue weighted by atomic mass is 10.1. The molecule has 0 aromatic carbocycles. The van der Waals surface area contributed by atoms with E-state index in [1.54, 1.807) is 12.4 Å². The van der Waals surface area contributed by atoms with Crippen molar-refractivity contribution in [2.75, 3.05) is 11.5 Å². The summed E-state index contributed by atoms with van der Waals surface area (Å²) in [6.07, 6.45) is 3.74. The third-order valence-electron chi connectivity index (χ3n) is 2.77. The summed E-state index contributed by atoms with van der Waals surface area (Å²) in [5.41, 5.74) is 13.4. The zero-order chi connectivity index (χ0) is 13.9. The number of hydrogen-bond acceptors (Lipinski definition) is 7. The van der Waals surface area contributed by atoms with Crippen LogP contribution in [0.4, 0.5) is 11.8 Å². The van der Waals surface area contributed by atoms with Gasteiger partial charge in [-0.1, -0.05) is 11.2 Å². The third kappa shape index (κ3) is 2.41. The molecule has 0 aliphatic rings. The standard InChI is InChI=1S/C13H12N6O/c14-12-8(7-17-13(15)18-12)5-9-6-11(19-20-9)10-3-1-2-4-16-10/h1-4,6-7H,5H2,(H4,14,15,17,18). The molecule has 4 N–H and O–H groups in total. The first kappa shape index (κ1) is 12.1. The van der Waals surface area contributed by atoms with Crippen molar-refractivity contribution in [1.29, 1.82) is 0 Å². The number of rotatable bonds is 3. The molecule has 0 unspecified atom stereocenters.